The van der Waals surface area contributed by atoms with E-state index >= 15 is 0 Å². The third-order valence-electron chi connectivity index (χ3n) is 4.33. The Kier molecular flexibility index (Phi) is 5.15. The highest BCUT2D eigenvalue weighted by Crippen LogP contribution is 2.22. The largest absolute Gasteiger partial charge is 0.379 e. The summed E-state index contributed by atoms with van der Waals surface area (Å²) < 4.78 is 7.39. The van der Waals surface area contributed by atoms with E-state index in [1.165, 1.54) is 5.56 Å². The molecule has 0 amide bonds. The van der Waals surface area contributed by atoms with Crippen molar-refractivity contribution in [1.29, 1.82) is 0 Å². The zero-order valence-electron chi connectivity index (χ0n) is 12.8. The van der Waals surface area contributed by atoms with E-state index in [0.29, 0.717) is 0 Å². The van der Waals surface area contributed by atoms with Crippen LogP contribution in [0.5, 0.6) is 0 Å². The number of nitrogens with two attached hydrogens (primary N) is 1. The molecule has 1 aromatic rings. The van der Waals surface area contributed by atoms with Crippen molar-refractivity contribution in [2.45, 2.75) is 45.3 Å². The van der Waals surface area contributed by atoms with Crippen molar-refractivity contribution in [1.82, 2.24) is 20.1 Å². The number of morpholine rings is 1. The Balaban J connectivity index is 2.05. The molecule has 0 aliphatic carbocycles. The van der Waals surface area contributed by atoms with E-state index in [1.807, 2.05) is 10.9 Å². The van der Waals surface area contributed by atoms with Crippen LogP contribution in [-0.4, -0.2) is 52.6 Å². The van der Waals surface area contributed by atoms with Gasteiger partial charge < -0.3 is 4.74 Å². The number of hydrogen-bond acceptors (Lipinski definition) is 5. The van der Waals surface area contributed by atoms with Crippen LogP contribution in [0.1, 0.15) is 26.3 Å². The third kappa shape index (κ3) is 3.38. The zero-order valence-corrected chi connectivity index (χ0v) is 12.8. The molecule has 1 aliphatic heterocycles. The molecule has 0 bridgehead atoms. The molecule has 0 radical (unpaired) electrons. The molecule has 114 valence electrons. The fourth-order valence-corrected chi connectivity index (χ4v) is 2.79. The van der Waals surface area contributed by atoms with Crippen LogP contribution in [-0.2, 0) is 17.7 Å². The van der Waals surface area contributed by atoms with E-state index < -0.39 is 0 Å². The Bertz CT molecular complexity index is 411. The number of hydrazine groups is 1. The number of ether oxygens (including phenoxy) is 1. The Morgan fingerprint density at radius 1 is 1.45 bits per heavy atom. The lowest BCUT2D eigenvalue weighted by Crippen LogP contribution is -2.62. The van der Waals surface area contributed by atoms with Crippen molar-refractivity contribution in [3.63, 3.8) is 0 Å². The lowest BCUT2D eigenvalue weighted by atomic mass is 9.88. The van der Waals surface area contributed by atoms with Crippen molar-refractivity contribution in [3.05, 3.63) is 18.0 Å². The third-order valence-corrected chi connectivity index (χ3v) is 4.33. The molecule has 1 unspecified atom stereocenters. The molecular formula is C14H27N5O. The van der Waals surface area contributed by atoms with E-state index in [1.54, 1.807) is 0 Å². The first-order valence-electron chi connectivity index (χ1n) is 7.38. The van der Waals surface area contributed by atoms with E-state index in [2.05, 4.69) is 42.4 Å². The minimum atomic E-state index is -0.0210. The molecule has 1 saturated heterocycles. The maximum absolute atomic E-state index is 5.82. The highest BCUT2D eigenvalue weighted by atomic mass is 16.5. The summed E-state index contributed by atoms with van der Waals surface area (Å²) in [5, 5.41) is 4.33. The summed E-state index contributed by atoms with van der Waals surface area (Å²) in [6, 6.07) is 0.176. The monoisotopic (exact) mass is 281 g/mol. The standard InChI is InChI=1S/C14H27N5O/c1-4-19-11-12(10-16-19)9-13(17-15)14(2,3)18-5-7-20-8-6-18/h10-11,13,17H,4-9,15H2,1-3H3. The zero-order chi connectivity index (χ0) is 14.6. The molecule has 3 N–H and O–H groups in total. The number of nitrogens with zero attached hydrogens (tertiary/aromatic N) is 3. The summed E-state index contributed by atoms with van der Waals surface area (Å²) in [4.78, 5) is 2.45. The highest BCUT2D eigenvalue weighted by molar-refractivity contribution is 5.09. The molecular weight excluding hydrogens is 254 g/mol. The Morgan fingerprint density at radius 3 is 2.70 bits per heavy atom. The minimum Gasteiger partial charge on any atom is -0.379 e. The number of aromatic nitrogens is 2. The lowest BCUT2D eigenvalue weighted by Gasteiger charge is -2.45. The van der Waals surface area contributed by atoms with E-state index in [0.717, 1.165) is 39.3 Å². The fraction of sp³-hybridized carbons (Fsp3) is 0.786. The Labute approximate surface area is 121 Å². The van der Waals surface area contributed by atoms with Crippen molar-refractivity contribution < 1.29 is 4.74 Å². The lowest BCUT2D eigenvalue weighted by molar-refractivity contribution is -0.0233. The predicted molar refractivity (Wildman–Crippen MR) is 79.2 cm³/mol. The van der Waals surface area contributed by atoms with Gasteiger partial charge in [0, 0.05) is 37.4 Å². The SMILES string of the molecule is CCn1cc(CC(NN)C(C)(C)N2CCOCC2)cn1. The quantitative estimate of drug-likeness (QED) is 0.583. The molecule has 1 fully saturated rings. The second kappa shape index (κ2) is 6.67. The van der Waals surface area contributed by atoms with Gasteiger partial charge in [0.25, 0.3) is 0 Å². The Morgan fingerprint density at radius 2 is 2.15 bits per heavy atom. The molecule has 6 heteroatoms. The summed E-state index contributed by atoms with van der Waals surface area (Å²) in [6.07, 6.45) is 4.91. The molecule has 2 heterocycles. The maximum atomic E-state index is 5.82. The molecule has 6 nitrogen and oxygen atoms in total. The fourth-order valence-electron chi connectivity index (χ4n) is 2.79. The smallest absolute Gasteiger partial charge is 0.0594 e. The van der Waals surface area contributed by atoms with Crippen LogP contribution in [0.3, 0.4) is 0 Å². The van der Waals surface area contributed by atoms with Gasteiger partial charge in [-0.2, -0.15) is 5.10 Å². The predicted octanol–water partition coefficient (Wildman–Crippen LogP) is 0.388. The number of nitrogens with one attached hydrogen (secondary N) is 1. The molecule has 2 rings (SSSR count). The van der Waals surface area contributed by atoms with E-state index in [4.69, 9.17) is 10.6 Å². The van der Waals surface area contributed by atoms with Gasteiger partial charge in [-0.05, 0) is 32.8 Å². The van der Waals surface area contributed by atoms with Gasteiger partial charge >= 0.3 is 0 Å². The summed E-state index contributed by atoms with van der Waals surface area (Å²) in [7, 11) is 0. The van der Waals surface area contributed by atoms with Gasteiger partial charge in [-0.3, -0.25) is 20.9 Å². The molecule has 20 heavy (non-hydrogen) atoms. The van der Waals surface area contributed by atoms with E-state index in [-0.39, 0.29) is 11.6 Å². The van der Waals surface area contributed by atoms with Crippen LogP contribution < -0.4 is 11.3 Å². The first kappa shape index (κ1) is 15.4. The average molecular weight is 281 g/mol. The van der Waals surface area contributed by atoms with E-state index in [9.17, 15) is 0 Å². The van der Waals surface area contributed by atoms with Crippen LogP contribution in [0.2, 0.25) is 0 Å². The van der Waals surface area contributed by atoms with Gasteiger partial charge in [0.1, 0.15) is 0 Å². The van der Waals surface area contributed by atoms with Crippen LogP contribution in [0, 0.1) is 0 Å². The molecule has 1 atom stereocenters. The maximum Gasteiger partial charge on any atom is 0.0594 e. The normalized spacial score (nSPS) is 19.2. The first-order chi connectivity index (χ1) is 9.57. The van der Waals surface area contributed by atoms with Gasteiger partial charge in [-0.25, -0.2) is 0 Å². The summed E-state index contributed by atoms with van der Waals surface area (Å²) in [6.45, 7) is 11.0. The van der Waals surface area contributed by atoms with Crippen LogP contribution in [0.15, 0.2) is 12.4 Å². The molecule has 0 aromatic carbocycles. The van der Waals surface area contributed by atoms with Crippen molar-refractivity contribution >= 4 is 0 Å². The number of aryl methyl sites for hydroxylation is 1. The minimum absolute atomic E-state index is 0.0210. The van der Waals surface area contributed by atoms with Crippen LogP contribution in [0.4, 0.5) is 0 Å². The van der Waals surface area contributed by atoms with Crippen molar-refractivity contribution in [2.24, 2.45) is 5.84 Å². The van der Waals surface area contributed by atoms with Crippen LogP contribution in [0.25, 0.3) is 0 Å². The van der Waals surface area contributed by atoms with Gasteiger partial charge in [0.15, 0.2) is 0 Å². The van der Waals surface area contributed by atoms with Crippen LogP contribution >= 0.6 is 0 Å². The van der Waals surface area contributed by atoms with Crippen molar-refractivity contribution in [2.75, 3.05) is 26.3 Å². The van der Waals surface area contributed by atoms with Crippen molar-refractivity contribution in [3.8, 4) is 0 Å². The number of hydrogen-bond donors (Lipinski definition) is 2. The molecule has 0 spiro atoms. The summed E-state index contributed by atoms with van der Waals surface area (Å²) in [5.41, 5.74) is 4.19. The van der Waals surface area contributed by atoms with Gasteiger partial charge in [-0.1, -0.05) is 0 Å². The highest BCUT2D eigenvalue weighted by Gasteiger charge is 2.35. The second-order valence-corrected chi connectivity index (χ2v) is 5.88. The van der Waals surface area contributed by atoms with Gasteiger partial charge in [-0.15, -0.1) is 0 Å². The molecule has 1 aliphatic rings. The summed E-state index contributed by atoms with van der Waals surface area (Å²) in [5.74, 6) is 5.82. The van der Waals surface area contributed by atoms with Gasteiger partial charge in [0.2, 0.25) is 0 Å². The Hall–Kier alpha value is -0.950. The topological polar surface area (TPSA) is 68.3 Å². The molecule has 0 saturated carbocycles. The molecule has 1 aromatic heterocycles. The number of rotatable bonds is 6. The summed E-state index contributed by atoms with van der Waals surface area (Å²) >= 11 is 0. The first-order valence-corrected chi connectivity index (χ1v) is 7.38. The van der Waals surface area contributed by atoms with Gasteiger partial charge in [0.05, 0.1) is 19.4 Å². The second-order valence-electron chi connectivity index (χ2n) is 5.88. The average Bonchev–Trinajstić information content (AvgIpc) is 2.93.